The first-order valence-corrected chi connectivity index (χ1v) is 8.54. The molecule has 1 aliphatic heterocycles. The van der Waals surface area contributed by atoms with Crippen LogP contribution in [0.5, 0.6) is 5.75 Å². The number of imide groups is 1. The highest BCUT2D eigenvalue weighted by molar-refractivity contribution is 6.60. The van der Waals surface area contributed by atoms with Crippen LogP contribution >= 0.6 is 34.8 Å². The van der Waals surface area contributed by atoms with Gasteiger partial charge in [0.1, 0.15) is 10.8 Å². The molecule has 0 aliphatic carbocycles. The van der Waals surface area contributed by atoms with Crippen LogP contribution in [0.4, 0.5) is 5.69 Å². The predicted octanol–water partition coefficient (Wildman–Crippen LogP) is 4.92. The van der Waals surface area contributed by atoms with Crippen molar-refractivity contribution in [3.8, 4) is 5.75 Å². The molecular weight excluding hydrogens is 385 g/mol. The summed E-state index contributed by atoms with van der Waals surface area (Å²) in [4.78, 5) is 26.3. The molecule has 0 saturated heterocycles. The lowest BCUT2D eigenvalue weighted by atomic mass is 10.1. The van der Waals surface area contributed by atoms with Gasteiger partial charge in [0.2, 0.25) is 0 Å². The molecule has 0 N–H and O–H groups in total. The summed E-state index contributed by atoms with van der Waals surface area (Å²) in [5, 5.41) is 0.490. The highest BCUT2D eigenvalue weighted by atomic mass is 35.5. The van der Waals surface area contributed by atoms with E-state index in [9.17, 15) is 9.59 Å². The number of carbonyl (C=O) groups excluding carboxylic acids is 2. The molecule has 25 heavy (non-hydrogen) atoms. The maximum Gasteiger partial charge on any atom is 0.277 e. The molecule has 1 heterocycles. The topological polar surface area (TPSA) is 46.6 Å². The molecular formula is C18H12Cl3NO3. The number of anilines is 1. The average Bonchev–Trinajstić information content (AvgIpc) is 2.79. The van der Waals surface area contributed by atoms with Crippen molar-refractivity contribution in [1.82, 2.24) is 0 Å². The molecule has 1 aliphatic rings. The minimum absolute atomic E-state index is 0.0576. The van der Waals surface area contributed by atoms with Crippen LogP contribution < -0.4 is 9.64 Å². The second-order valence-corrected chi connectivity index (χ2v) is 6.41. The van der Waals surface area contributed by atoms with E-state index in [-0.39, 0.29) is 15.6 Å². The first kappa shape index (κ1) is 17.8. The zero-order valence-electron chi connectivity index (χ0n) is 13.1. The molecule has 7 heteroatoms. The van der Waals surface area contributed by atoms with Crippen molar-refractivity contribution in [2.75, 3.05) is 11.5 Å². The van der Waals surface area contributed by atoms with Crippen LogP contribution in [0.1, 0.15) is 12.5 Å². The Morgan fingerprint density at radius 2 is 1.64 bits per heavy atom. The van der Waals surface area contributed by atoms with Crippen molar-refractivity contribution in [1.29, 1.82) is 0 Å². The van der Waals surface area contributed by atoms with Gasteiger partial charge in [-0.3, -0.25) is 9.59 Å². The fourth-order valence-corrected chi connectivity index (χ4v) is 3.29. The van der Waals surface area contributed by atoms with Crippen molar-refractivity contribution in [2.45, 2.75) is 6.92 Å². The summed E-state index contributed by atoms with van der Waals surface area (Å²) < 4.78 is 5.36. The van der Waals surface area contributed by atoms with Gasteiger partial charge in [-0.25, -0.2) is 4.90 Å². The molecule has 0 aromatic heterocycles. The summed E-state index contributed by atoms with van der Waals surface area (Å²) in [7, 11) is 0. The summed E-state index contributed by atoms with van der Waals surface area (Å²) in [5.74, 6) is -0.495. The molecule has 3 rings (SSSR count). The molecule has 0 spiro atoms. The summed E-state index contributed by atoms with van der Waals surface area (Å²) in [6, 6.07) is 11.2. The number of hydrogen-bond donors (Lipinski definition) is 0. The standard InChI is InChI=1S/C18H12Cl3NO3/c1-2-25-12-6-4-11(5-7-12)22-17(23)15(16(21)18(22)24)13-8-3-10(19)9-14(13)20/h3-9H,2H2,1H3. The van der Waals surface area contributed by atoms with Crippen LogP contribution in [0.2, 0.25) is 10.0 Å². The Labute approximate surface area is 159 Å². The predicted molar refractivity (Wildman–Crippen MR) is 99.3 cm³/mol. The van der Waals surface area contributed by atoms with Crippen LogP contribution in [0.15, 0.2) is 47.5 Å². The number of amides is 2. The van der Waals surface area contributed by atoms with Gasteiger partial charge in [0.25, 0.3) is 11.8 Å². The van der Waals surface area contributed by atoms with Crippen molar-refractivity contribution < 1.29 is 14.3 Å². The number of rotatable bonds is 4. The van der Waals surface area contributed by atoms with Crippen LogP contribution in [-0.2, 0) is 9.59 Å². The van der Waals surface area contributed by atoms with Crippen molar-refractivity contribution in [3.05, 3.63) is 63.1 Å². The third-order valence-electron chi connectivity index (χ3n) is 3.63. The second kappa shape index (κ2) is 7.08. The average molecular weight is 397 g/mol. The van der Waals surface area contributed by atoms with E-state index in [2.05, 4.69) is 0 Å². The van der Waals surface area contributed by atoms with E-state index >= 15 is 0 Å². The van der Waals surface area contributed by atoms with Gasteiger partial charge >= 0.3 is 0 Å². The number of hydrogen-bond acceptors (Lipinski definition) is 3. The number of halogens is 3. The normalized spacial score (nSPS) is 14.5. The summed E-state index contributed by atoms with van der Waals surface area (Å²) in [5.41, 5.74) is 0.821. The van der Waals surface area contributed by atoms with Crippen LogP contribution in [0, 0.1) is 0 Å². The summed E-state index contributed by atoms with van der Waals surface area (Å²) in [6.45, 7) is 2.39. The molecule has 0 fully saturated rings. The van der Waals surface area contributed by atoms with Crippen LogP contribution in [0.25, 0.3) is 5.57 Å². The van der Waals surface area contributed by atoms with Crippen LogP contribution in [0.3, 0.4) is 0 Å². The SMILES string of the molecule is CCOc1ccc(N2C(=O)C(Cl)=C(c3ccc(Cl)cc3Cl)C2=O)cc1. The highest BCUT2D eigenvalue weighted by Gasteiger charge is 2.39. The van der Waals surface area contributed by atoms with Gasteiger partial charge in [0.15, 0.2) is 0 Å². The third-order valence-corrected chi connectivity index (χ3v) is 4.53. The van der Waals surface area contributed by atoms with Gasteiger partial charge < -0.3 is 4.74 Å². The van der Waals surface area contributed by atoms with E-state index < -0.39 is 11.8 Å². The fraction of sp³-hybridized carbons (Fsp3) is 0.111. The minimum Gasteiger partial charge on any atom is -0.494 e. The maximum atomic E-state index is 12.8. The Morgan fingerprint density at radius 1 is 0.960 bits per heavy atom. The second-order valence-electron chi connectivity index (χ2n) is 5.19. The third kappa shape index (κ3) is 3.25. The van der Waals surface area contributed by atoms with E-state index in [1.165, 1.54) is 6.07 Å². The van der Waals surface area contributed by atoms with E-state index in [1.807, 2.05) is 6.92 Å². The van der Waals surface area contributed by atoms with Gasteiger partial charge in [-0.1, -0.05) is 40.9 Å². The molecule has 0 saturated carbocycles. The smallest absolute Gasteiger partial charge is 0.277 e. The Bertz CT molecular complexity index is 891. The molecule has 0 unspecified atom stereocenters. The molecule has 4 nitrogen and oxygen atoms in total. The molecule has 2 aromatic carbocycles. The molecule has 0 atom stereocenters. The van der Waals surface area contributed by atoms with Crippen molar-refractivity contribution >= 4 is 57.9 Å². The van der Waals surface area contributed by atoms with E-state index in [1.54, 1.807) is 36.4 Å². The molecule has 0 radical (unpaired) electrons. The van der Waals surface area contributed by atoms with Gasteiger partial charge in [-0.2, -0.15) is 0 Å². The lowest BCUT2D eigenvalue weighted by molar-refractivity contribution is -0.119. The summed E-state index contributed by atoms with van der Waals surface area (Å²) in [6.07, 6.45) is 0. The molecule has 128 valence electrons. The quantitative estimate of drug-likeness (QED) is 0.689. The molecule has 2 amide bonds. The number of benzene rings is 2. The van der Waals surface area contributed by atoms with Crippen molar-refractivity contribution in [3.63, 3.8) is 0 Å². The fourth-order valence-electron chi connectivity index (χ4n) is 2.52. The van der Waals surface area contributed by atoms with Gasteiger partial charge in [0.05, 0.1) is 22.9 Å². The first-order valence-electron chi connectivity index (χ1n) is 7.41. The first-order chi connectivity index (χ1) is 11.9. The lowest BCUT2D eigenvalue weighted by Crippen LogP contribution is -2.31. The van der Waals surface area contributed by atoms with Gasteiger partial charge in [0, 0.05) is 10.6 Å². The van der Waals surface area contributed by atoms with E-state index in [0.29, 0.717) is 28.6 Å². The van der Waals surface area contributed by atoms with Gasteiger partial charge in [-0.05, 0) is 43.3 Å². The van der Waals surface area contributed by atoms with E-state index in [0.717, 1.165) is 4.90 Å². The van der Waals surface area contributed by atoms with Crippen LogP contribution in [-0.4, -0.2) is 18.4 Å². The zero-order valence-corrected chi connectivity index (χ0v) is 15.3. The largest absolute Gasteiger partial charge is 0.494 e. The van der Waals surface area contributed by atoms with Gasteiger partial charge in [-0.15, -0.1) is 0 Å². The number of carbonyl (C=O) groups is 2. The number of nitrogens with zero attached hydrogens (tertiary/aromatic N) is 1. The number of ether oxygens (including phenoxy) is 1. The van der Waals surface area contributed by atoms with Crippen molar-refractivity contribution in [2.24, 2.45) is 0 Å². The Balaban J connectivity index is 1.99. The van der Waals surface area contributed by atoms with E-state index in [4.69, 9.17) is 39.5 Å². The summed E-state index contributed by atoms with van der Waals surface area (Å²) >= 11 is 18.2. The lowest BCUT2D eigenvalue weighted by Gasteiger charge is -2.15. The maximum absolute atomic E-state index is 12.8. The minimum atomic E-state index is -0.600. The monoisotopic (exact) mass is 395 g/mol. The Hall–Kier alpha value is -2.01. The molecule has 2 aromatic rings. The zero-order chi connectivity index (χ0) is 18.1. The Kier molecular flexibility index (Phi) is 5.04. The molecule has 0 bridgehead atoms. The Morgan fingerprint density at radius 3 is 2.24 bits per heavy atom. The highest BCUT2D eigenvalue weighted by Crippen LogP contribution is 2.38.